The molecule has 124 valence electrons. The van der Waals surface area contributed by atoms with E-state index in [1.807, 2.05) is 30.3 Å². The lowest BCUT2D eigenvalue weighted by Gasteiger charge is -2.20. The standard InChI is InChI=1S/C17H15NO6/c19-16(20)9-18(13-6-7-14-15(8-13)24-11-23-14)17(21)22-10-12-4-2-1-3-5-12/h1-8H,9-11H2,(H,19,20). The number of rotatable bonds is 5. The summed E-state index contributed by atoms with van der Waals surface area (Å²) in [6.07, 6.45) is -0.750. The fourth-order valence-corrected chi connectivity index (χ4v) is 2.25. The van der Waals surface area contributed by atoms with Crippen molar-refractivity contribution in [2.45, 2.75) is 6.61 Å². The molecule has 0 spiro atoms. The zero-order valence-electron chi connectivity index (χ0n) is 12.7. The summed E-state index contributed by atoms with van der Waals surface area (Å²) >= 11 is 0. The highest BCUT2D eigenvalue weighted by molar-refractivity contribution is 5.93. The largest absolute Gasteiger partial charge is 0.480 e. The Morgan fingerprint density at radius 3 is 2.58 bits per heavy atom. The molecule has 1 N–H and O–H groups in total. The minimum atomic E-state index is -1.15. The van der Waals surface area contributed by atoms with E-state index in [0.29, 0.717) is 17.2 Å². The van der Waals surface area contributed by atoms with Crippen molar-refractivity contribution in [3.63, 3.8) is 0 Å². The number of fused-ring (bicyclic) bond motifs is 1. The molecule has 24 heavy (non-hydrogen) atoms. The summed E-state index contributed by atoms with van der Waals surface area (Å²) in [5.41, 5.74) is 1.17. The number of anilines is 1. The first kappa shape index (κ1) is 15.7. The van der Waals surface area contributed by atoms with Crippen molar-refractivity contribution in [1.82, 2.24) is 0 Å². The van der Waals surface area contributed by atoms with Crippen LogP contribution in [0.25, 0.3) is 0 Å². The lowest BCUT2D eigenvalue weighted by molar-refractivity contribution is -0.135. The Morgan fingerprint density at radius 2 is 1.83 bits per heavy atom. The number of aliphatic carboxylic acids is 1. The van der Waals surface area contributed by atoms with Gasteiger partial charge in [-0.05, 0) is 17.7 Å². The third kappa shape index (κ3) is 3.57. The number of amides is 1. The number of carbonyl (C=O) groups excluding carboxylic acids is 1. The first-order valence-corrected chi connectivity index (χ1v) is 7.23. The molecule has 0 saturated heterocycles. The Kier molecular flexibility index (Phi) is 4.51. The maximum atomic E-state index is 12.3. The van der Waals surface area contributed by atoms with Gasteiger partial charge in [0, 0.05) is 6.07 Å². The number of carboxylic acids is 1. The number of ether oxygens (including phenoxy) is 3. The average molecular weight is 329 g/mol. The van der Waals surface area contributed by atoms with E-state index in [-0.39, 0.29) is 13.4 Å². The van der Waals surface area contributed by atoms with Crippen LogP contribution in [-0.4, -0.2) is 30.5 Å². The first-order valence-electron chi connectivity index (χ1n) is 7.23. The molecule has 0 radical (unpaired) electrons. The molecule has 1 heterocycles. The van der Waals surface area contributed by atoms with Gasteiger partial charge in [0.1, 0.15) is 13.2 Å². The SMILES string of the molecule is O=C(O)CN(C(=O)OCc1ccccc1)c1ccc2c(c1)OCO2. The van der Waals surface area contributed by atoms with Gasteiger partial charge in [0.15, 0.2) is 11.5 Å². The van der Waals surface area contributed by atoms with Gasteiger partial charge in [0.25, 0.3) is 0 Å². The molecule has 2 aromatic rings. The molecular formula is C17H15NO6. The highest BCUT2D eigenvalue weighted by Crippen LogP contribution is 2.35. The van der Waals surface area contributed by atoms with Crippen LogP contribution in [0, 0.1) is 0 Å². The molecule has 0 aromatic heterocycles. The molecule has 7 nitrogen and oxygen atoms in total. The van der Waals surface area contributed by atoms with E-state index in [1.165, 1.54) is 0 Å². The summed E-state index contributed by atoms with van der Waals surface area (Å²) < 4.78 is 15.7. The average Bonchev–Trinajstić information content (AvgIpc) is 3.06. The van der Waals surface area contributed by atoms with E-state index >= 15 is 0 Å². The molecule has 0 aliphatic carbocycles. The summed E-state index contributed by atoms with van der Waals surface area (Å²) in [6, 6.07) is 13.9. The molecule has 0 fully saturated rings. The lowest BCUT2D eigenvalue weighted by atomic mass is 10.2. The van der Waals surface area contributed by atoms with Crippen LogP contribution < -0.4 is 14.4 Å². The molecule has 0 bridgehead atoms. The smallest absolute Gasteiger partial charge is 0.415 e. The van der Waals surface area contributed by atoms with Gasteiger partial charge in [-0.2, -0.15) is 0 Å². The number of carboxylic acid groups (broad SMARTS) is 1. The second kappa shape index (κ2) is 6.91. The Bertz CT molecular complexity index is 746. The summed E-state index contributed by atoms with van der Waals surface area (Å²) in [7, 11) is 0. The van der Waals surface area contributed by atoms with E-state index < -0.39 is 18.6 Å². The first-order chi connectivity index (χ1) is 11.6. The zero-order chi connectivity index (χ0) is 16.9. The Morgan fingerprint density at radius 1 is 1.08 bits per heavy atom. The third-order valence-electron chi connectivity index (χ3n) is 3.39. The van der Waals surface area contributed by atoms with Crippen molar-refractivity contribution < 1.29 is 28.9 Å². The predicted molar refractivity (Wildman–Crippen MR) is 84.2 cm³/mol. The molecule has 0 unspecified atom stereocenters. The molecule has 7 heteroatoms. The van der Waals surface area contributed by atoms with Crippen molar-refractivity contribution in [1.29, 1.82) is 0 Å². The van der Waals surface area contributed by atoms with Crippen molar-refractivity contribution in [3.05, 3.63) is 54.1 Å². The predicted octanol–water partition coefficient (Wildman–Crippen LogP) is 2.64. The molecule has 2 aromatic carbocycles. The minimum Gasteiger partial charge on any atom is -0.480 e. The maximum absolute atomic E-state index is 12.3. The Balaban J connectivity index is 1.75. The van der Waals surface area contributed by atoms with Crippen molar-refractivity contribution in [2.24, 2.45) is 0 Å². The topological polar surface area (TPSA) is 85.3 Å². The van der Waals surface area contributed by atoms with Gasteiger partial charge in [0.2, 0.25) is 6.79 Å². The van der Waals surface area contributed by atoms with Crippen LogP contribution in [-0.2, 0) is 16.1 Å². The van der Waals surface area contributed by atoms with Crippen LogP contribution in [0.5, 0.6) is 11.5 Å². The van der Waals surface area contributed by atoms with Gasteiger partial charge in [0.05, 0.1) is 5.69 Å². The van der Waals surface area contributed by atoms with E-state index in [0.717, 1.165) is 10.5 Å². The second-order valence-electron chi connectivity index (χ2n) is 5.06. The van der Waals surface area contributed by atoms with E-state index in [9.17, 15) is 9.59 Å². The lowest BCUT2D eigenvalue weighted by Crippen LogP contribution is -2.36. The van der Waals surface area contributed by atoms with Crippen LogP contribution in [0.4, 0.5) is 10.5 Å². The van der Waals surface area contributed by atoms with Gasteiger partial charge in [-0.15, -0.1) is 0 Å². The molecule has 0 atom stereocenters. The van der Waals surface area contributed by atoms with Crippen LogP contribution >= 0.6 is 0 Å². The number of hydrogen-bond acceptors (Lipinski definition) is 5. The molecule has 1 amide bonds. The maximum Gasteiger partial charge on any atom is 0.415 e. The number of nitrogens with zero attached hydrogens (tertiary/aromatic N) is 1. The highest BCUT2D eigenvalue weighted by atomic mass is 16.7. The van der Waals surface area contributed by atoms with Crippen molar-refractivity contribution in [3.8, 4) is 11.5 Å². The quantitative estimate of drug-likeness (QED) is 0.907. The zero-order valence-corrected chi connectivity index (χ0v) is 12.7. The molecule has 1 aliphatic heterocycles. The fraction of sp³-hybridized carbons (Fsp3) is 0.176. The van der Waals surface area contributed by atoms with Crippen LogP contribution in [0.2, 0.25) is 0 Å². The van der Waals surface area contributed by atoms with Crippen LogP contribution in [0.1, 0.15) is 5.56 Å². The van der Waals surface area contributed by atoms with Crippen molar-refractivity contribution >= 4 is 17.7 Å². The van der Waals surface area contributed by atoms with Crippen molar-refractivity contribution in [2.75, 3.05) is 18.2 Å². The van der Waals surface area contributed by atoms with Gasteiger partial charge in [-0.1, -0.05) is 30.3 Å². The molecule has 3 rings (SSSR count). The normalized spacial score (nSPS) is 11.8. The second-order valence-corrected chi connectivity index (χ2v) is 5.06. The number of carbonyl (C=O) groups is 2. The fourth-order valence-electron chi connectivity index (χ4n) is 2.25. The summed E-state index contributed by atoms with van der Waals surface area (Å²) in [5, 5.41) is 9.07. The molecule has 1 aliphatic rings. The van der Waals surface area contributed by atoms with Gasteiger partial charge in [-0.3, -0.25) is 9.69 Å². The number of benzene rings is 2. The van der Waals surface area contributed by atoms with E-state index in [4.69, 9.17) is 19.3 Å². The number of hydrogen-bond donors (Lipinski definition) is 1. The minimum absolute atomic E-state index is 0.0559. The van der Waals surface area contributed by atoms with Crippen LogP contribution in [0.15, 0.2) is 48.5 Å². The summed E-state index contributed by atoms with van der Waals surface area (Å²) in [6.45, 7) is -0.371. The van der Waals surface area contributed by atoms with E-state index in [1.54, 1.807) is 18.2 Å². The van der Waals surface area contributed by atoms with E-state index in [2.05, 4.69) is 0 Å². The summed E-state index contributed by atoms with van der Waals surface area (Å²) in [4.78, 5) is 24.4. The Hall–Kier alpha value is -3.22. The van der Waals surface area contributed by atoms with Gasteiger partial charge >= 0.3 is 12.1 Å². The third-order valence-corrected chi connectivity index (χ3v) is 3.39. The molecular weight excluding hydrogens is 314 g/mol. The Labute approximate surface area is 138 Å². The molecule has 0 saturated carbocycles. The monoisotopic (exact) mass is 329 g/mol. The van der Waals surface area contributed by atoms with Crippen LogP contribution in [0.3, 0.4) is 0 Å². The van der Waals surface area contributed by atoms with Gasteiger partial charge in [-0.25, -0.2) is 4.79 Å². The van der Waals surface area contributed by atoms with Gasteiger partial charge < -0.3 is 19.3 Å². The summed E-state index contributed by atoms with van der Waals surface area (Å²) in [5.74, 6) is -0.144. The highest BCUT2D eigenvalue weighted by Gasteiger charge is 2.23.